The van der Waals surface area contributed by atoms with Crippen LogP contribution in [0.15, 0.2) is 22.6 Å². The van der Waals surface area contributed by atoms with E-state index in [1.807, 2.05) is 6.92 Å². The SMILES string of the molecule is Cc1ccc(F)cc1Nc1nnc(CN)o1. The van der Waals surface area contributed by atoms with Crippen LogP contribution < -0.4 is 11.1 Å². The third-order valence-electron chi connectivity index (χ3n) is 2.08. The lowest BCUT2D eigenvalue weighted by molar-refractivity contribution is 0.511. The molecule has 0 aliphatic rings. The average molecular weight is 222 g/mol. The Bertz CT molecular complexity index is 497. The second kappa shape index (κ2) is 4.28. The Morgan fingerprint density at radius 1 is 1.44 bits per heavy atom. The monoisotopic (exact) mass is 222 g/mol. The van der Waals surface area contributed by atoms with Crippen LogP contribution in [0.25, 0.3) is 0 Å². The Balaban J connectivity index is 2.22. The highest BCUT2D eigenvalue weighted by atomic mass is 19.1. The highest BCUT2D eigenvalue weighted by Crippen LogP contribution is 2.20. The normalized spacial score (nSPS) is 10.4. The maximum atomic E-state index is 13.0. The standard InChI is InChI=1S/C10H11FN4O/c1-6-2-3-7(11)4-8(6)13-10-15-14-9(5-12)16-10/h2-4H,5,12H2,1H3,(H,13,15). The van der Waals surface area contributed by atoms with E-state index in [4.69, 9.17) is 10.2 Å². The molecule has 2 rings (SSSR count). The molecule has 0 bridgehead atoms. The first kappa shape index (κ1) is 10.6. The number of aryl methyl sites for hydroxylation is 1. The summed E-state index contributed by atoms with van der Waals surface area (Å²) in [6.07, 6.45) is 0. The maximum Gasteiger partial charge on any atom is 0.320 e. The minimum Gasteiger partial charge on any atom is -0.406 e. The Labute approximate surface area is 91.5 Å². The van der Waals surface area contributed by atoms with Gasteiger partial charge in [-0.25, -0.2) is 4.39 Å². The van der Waals surface area contributed by atoms with E-state index in [-0.39, 0.29) is 18.4 Å². The molecule has 1 aromatic heterocycles. The van der Waals surface area contributed by atoms with Crippen molar-refractivity contribution in [1.82, 2.24) is 10.2 Å². The molecule has 0 saturated heterocycles. The maximum absolute atomic E-state index is 13.0. The zero-order valence-corrected chi connectivity index (χ0v) is 8.70. The Morgan fingerprint density at radius 3 is 2.94 bits per heavy atom. The number of rotatable bonds is 3. The minimum absolute atomic E-state index is 0.177. The molecule has 1 aromatic carbocycles. The third-order valence-corrected chi connectivity index (χ3v) is 2.08. The van der Waals surface area contributed by atoms with Crippen LogP contribution in [0.3, 0.4) is 0 Å². The average Bonchev–Trinajstić information content (AvgIpc) is 2.71. The molecular weight excluding hydrogens is 211 g/mol. The van der Waals surface area contributed by atoms with Gasteiger partial charge in [-0.05, 0) is 24.6 Å². The van der Waals surface area contributed by atoms with E-state index in [1.54, 1.807) is 6.07 Å². The van der Waals surface area contributed by atoms with E-state index in [9.17, 15) is 4.39 Å². The van der Waals surface area contributed by atoms with Crippen molar-refractivity contribution >= 4 is 11.7 Å². The third kappa shape index (κ3) is 2.17. The number of aromatic nitrogens is 2. The summed E-state index contributed by atoms with van der Waals surface area (Å²) in [6, 6.07) is 4.62. The molecule has 0 unspecified atom stereocenters. The Hall–Kier alpha value is -1.95. The molecule has 5 nitrogen and oxygen atoms in total. The molecule has 0 saturated carbocycles. The number of hydrogen-bond acceptors (Lipinski definition) is 5. The predicted octanol–water partition coefficient (Wildman–Crippen LogP) is 1.72. The first-order chi connectivity index (χ1) is 7.69. The lowest BCUT2D eigenvalue weighted by atomic mass is 10.2. The van der Waals surface area contributed by atoms with Gasteiger partial charge in [0.1, 0.15) is 5.82 Å². The molecule has 0 spiro atoms. The quantitative estimate of drug-likeness (QED) is 0.826. The number of nitrogens with one attached hydrogen (secondary N) is 1. The van der Waals surface area contributed by atoms with Gasteiger partial charge in [-0.2, -0.15) is 0 Å². The minimum atomic E-state index is -0.327. The molecule has 84 valence electrons. The van der Waals surface area contributed by atoms with Crippen LogP contribution in [0.1, 0.15) is 11.5 Å². The van der Waals surface area contributed by atoms with Gasteiger partial charge in [0.25, 0.3) is 0 Å². The zero-order valence-electron chi connectivity index (χ0n) is 8.70. The van der Waals surface area contributed by atoms with Crippen LogP contribution in [0, 0.1) is 12.7 Å². The van der Waals surface area contributed by atoms with E-state index in [2.05, 4.69) is 15.5 Å². The van der Waals surface area contributed by atoms with Crippen molar-refractivity contribution in [3.63, 3.8) is 0 Å². The number of hydrogen-bond donors (Lipinski definition) is 2. The fourth-order valence-corrected chi connectivity index (χ4v) is 1.23. The summed E-state index contributed by atoms with van der Waals surface area (Å²) in [5, 5.41) is 10.2. The summed E-state index contributed by atoms with van der Waals surface area (Å²) in [7, 11) is 0. The highest BCUT2D eigenvalue weighted by molar-refractivity contribution is 5.56. The van der Waals surface area contributed by atoms with Gasteiger partial charge in [-0.1, -0.05) is 11.2 Å². The van der Waals surface area contributed by atoms with Crippen molar-refractivity contribution in [3.8, 4) is 0 Å². The molecule has 6 heteroatoms. The smallest absolute Gasteiger partial charge is 0.320 e. The lowest BCUT2D eigenvalue weighted by Crippen LogP contribution is -1.95. The number of benzene rings is 1. The molecule has 0 aliphatic heterocycles. The molecule has 2 aromatic rings. The molecular formula is C10H11FN4O. The van der Waals surface area contributed by atoms with Crippen molar-refractivity contribution in [2.24, 2.45) is 5.73 Å². The van der Waals surface area contributed by atoms with E-state index in [1.165, 1.54) is 12.1 Å². The van der Waals surface area contributed by atoms with Crippen molar-refractivity contribution in [3.05, 3.63) is 35.5 Å². The van der Waals surface area contributed by atoms with Crippen LogP contribution in [-0.4, -0.2) is 10.2 Å². The summed E-state index contributed by atoms with van der Waals surface area (Å²) in [5.41, 5.74) is 6.80. The van der Waals surface area contributed by atoms with Gasteiger partial charge >= 0.3 is 6.01 Å². The van der Waals surface area contributed by atoms with Crippen molar-refractivity contribution in [1.29, 1.82) is 0 Å². The largest absolute Gasteiger partial charge is 0.406 e. The first-order valence-electron chi connectivity index (χ1n) is 4.74. The number of nitrogens with zero attached hydrogens (tertiary/aromatic N) is 2. The van der Waals surface area contributed by atoms with Crippen LogP contribution >= 0.6 is 0 Å². The lowest BCUT2D eigenvalue weighted by Gasteiger charge is -2.04. The van der Waals surface area contributed by atoms with Crippen molar-refractivity contribution < 1.29 is 8.81 Å². The topological polar surface area (TPSA) is 77.0 Å². The molecule has 0 fully saturated rings. The molecule has 0 atom stereocenters. The van der Waals surface area contributed by atoms with E-state index in [0.717, 1.165) is 5.56 Å². The van der Waals surface area contributed by atoms with Gasteiger partial charge in [0, 0.05) is 5.69 Å². The summed E-state index contributed by atoms with van der Waals surface area (Å²) in [4.78, 5) is 0. The van der Waals surface area contributed by atoms with Gasteiger partial charge in [-0.15, -0.1) is 5.10 Å². The van der Waals surface area contributed by atoms with Crippen LogP contribution in [0.5, 0.6) is 0 Å². The molecule has 16 heavy (non-hydrogen) atoms. The van der Waals surface area contributed by atoms with Gasteiger partial charge in [-0.3, -0.25) is 0 Å². The molecule has 1 heterocycles. The van der Waals surface area contributed by atoms with E-state index in [0.29, 0.717) is 11.6 Å². The molecule has 0 amide bonds. The first-order valence-corrected chi connectivity index (χ1v) is 4.74. The van der Waals surface area contributed by atoms with Crippen LogP contribution in [-0.2, 0) is 6.54 Å². The number of anilines is 2. The van der Waals surface area contributed by atoms with E-state index >= 15 is 0 Å². The van der Waals surface area contributed by atoms with Gasteiger partial charge in [0.2, 0.25) is 5.89 Å². The van der Waals surface area contributed by atoms with Crippen molar-refractivity contribution in [2.75, 3.05) is 5.32 Å². The molecule has 0 radical (unpaired) electrons. The van der Waals surface area contributed by atoms with Gasteiger partial charge in [0.05, 0.1) is 6.54 Å². The zero-order chi connectivity index (χ0) is 11.5. The van der Waals surface area contributed by atoms with Crippen molar-refractivity contribution in [2.45, 2.75) is 13.5 Å². The van der Waals surface area contributed by atoms with Crippen LogP contribution in [0.4, 0.5) is 16.1 Å². The second-order valence-electron chi connectivity index (χ2n) is 3.29. The number of halogens is 1. The van der Waals surface area contributed by atoms with Gasteiger partial charge in [0.15, 0.2) is 0 Å². The Kier molecular flexibility index (Phi) is 2.82. The summed E-state index contributed by atoms with van der Waals surface area (Å²) in [6.45, 7) is 2.03. The Morgan fingerprint density at radius 2 is 2.25 bits per heavy atom. The summed E-state index contributed by atoms with van der Waals surface area (Å²) >= 11 is 0. The van der Waals surface area contributed by atoms with Gasteiger partial charge < -0.3 is 15.5 Å². The summed E-state index contributed by atoms with van der Waals surface area (Å²) < 4.78 is 18.1. The predicted molar refractivity (Wildman–Crippen MR) is 56.6 cm³/mol. The fraction of sp³-hybridized carbons (Fsp3) is 0.200. The van der Waals surface area contributed by atoms with Crippen LogP contribution in [0.2, 0.25) is 0 Å². The fourth-order valence-electron chi connectivity index (χ4n) is 1.23. The summed E-state index contributed by atoms with van der Waals surface area (Å²) in [5.74, 6) is 0.00298. The second-order valence-corrected chi connectivity index (χ2v) is 3.29. The molecule has 0 aliphatic carbocycles. The highest BCUT2D eigenvalue weighted by Gasteiger charge is 2.06. The number of nitrogens with two attached hydrogens (primary N) is 1. The van der Waals surface area contributed by atoms with E-state index < -0.39 is 0 Å². The molecule has 3 N–H and O–H groups in total.